The normalized spacial score (nSPS) is 17.8. The molecule has 1 N–H and O–H groups in total. The summed E-state index contributed by atoms with van der Waals surface area (Å²) in [5.74, 6) is 0.724. The molecular formula is C18H30N2. The molecule has 112 valence electrons. The van der Waals surface area contributed by atoms with Crippen LogP contribution in [-0.2, 0) is 13.0 Å². The average Bonchev–Trinajstić information content (AvgIpc) is 2.97. The molecule has 0 aliphatic carbocycles. The van der Waals surface area contributed by atoms with Crippen LogP contribution < -0.4 is 5.32 Å². The van der Waals surface area contributed by atoms with Crippen molar-refractivity contribution in [1.82, 2.24) is 10.2 Å². The molecule has 0 amide bonds. The molecule has 1 atom stereocenters. The Morgan fingerprint density at radius 2 is 1.75 bits per heavy atom. The molecule has 0 bridgehead atoms. The fourth-order valence-corrected chi connectivity index (χ4v) is 3.29. The molecule has 1 aromatic carbocycles. The van der Waals surface area contributed by atoms with Crippen molar-refractivity contribution < 1.29 is 0 Å². The summed E-state index contributed by atoms with van der Waals surface area (Å²) in [6.45, 7) is 11.6. The van der Waals surface area contributed by atoms with Crippen molar-refractivity contribution in [3.8, 4) is 0 Å². The van der Waals surface area contributed by atoms with E-state index >= 15 is 0 Å². The van der Waals surface area contributed by atoms with E-state index < -0.39 is 0 Å². The highest BCUT2D eigenvalue weighted by molar-refractivity contribution is 5.26. The van der Waals surface area contributed by atoms with E-state index in [1.165, 1.54) is 37.1 Å². The SMILES string of the molecule is CCc1ccccc1CNCC(C(C)C)N1CCCC1. The Hall–Kier alpha value is -0.860. The predicted molar refractivity (Wildman–Crippen MR) is 87.0 cm³/mol. The lowest BCUT2D eigenvalue weighted by atomic mass is 10.0. The fraction of sp³-hybridized carbons (Fsp3) is 0.667. The van der Waals surface area contributed by atoms with Gasteiger partial charge in [-0.25, -0.2) is 0 Å². The molecule has 0 spiro atoms. The minimum absolute atomic E-state index is 0.686. The zero-order valence-electron chi connectivity index (χ0n) is 13.4. The first-order chi connectivity index (χ1) is 9.72. The van der Waals surface area contributed by atoms with Crippen LogP contribution in [0.1, 0.15) is 44.7 Å². The molecule has 20 heavy (non-hydrogen) atoms. The first-order valence-corrected chi connectivity index (χ1v) is 8.24. The summed E-state index contributed by atoms with van der Waals surface area (Å²) in [6.07, 6.45) is 3.88. The van der Waals surface area contributed by atoms with Gasteiger partial charge >= 0.3 is 0 Å². The number of nitrogens with one attached hydrogen (secondary N) is 1. The van der Waals surface area contributed by atoms with Gasteiger partial charge in [-0.3, -0.25) is 4.90 Å². The molecule has 1 aromatic rings. The second kappa shape index (κ2) is 7.80. The average molecular weight is 274 g/mol. The van der Waals surface area contributed by atoms with E-state index in [-0.39, 0.29) is 0 Å². The van der Waals surface area contributed by atoms with Crippen LogP contribution in [0.15, 0.2) is 24.3 Å². The van der Waals surface area contributed by atoms with Gasteiger partial charge in [0.2, 0.25) is 0 Å². The third-order valence-corrected chi connectivity index (χ3v) is 4.55. The van der Waals surface area contributed by atoms with Gasteiger partial charge in [0.05, 0.1) is 0 Å². The maximum atomic E-state index is 3.69. The zero-order chi connectivity index (χ0) is 14.4. The molecule has 1 saturated heterocycles. The molecule has 1 unspecified atom stereocenters. The molecule has 0 saturated carbocycles. The number of aryl methyl sites for hydroxylation is 1. The first kappa shape index (κ1) is 15.5. The smallest absolute Gasteiger partial charge is 0.0243 e. The Morgan fingerprint density at radius 3 is 2.35 bits per heavy atom. The van der Waals surface area contributed by atoms with E-state index in [4.69, 9.17) is 0 Å². The van der Waals surface area contributed by atoms with E-state index in [2.05, 4.69) is 55.3 Å². The summed E-state index contributed by atoms with van der Waals surface area (Å²) < 4.78 is 0. The lowest BCUT2D eigenvalue weighted by Crippen LogP contribution is -2.44. The Balaban J connectivity index is 1.86. The Labute approximate surface area is 124 Å². The lowest BCUT2D eigenvalue weighted by Gasteiger charge is -2.31. The maximum absolute atomic E-state index is 3.69. The van der Waals surface area contributed by atoms with Gasteiger partial charge in [0.25, 0.3) is 0 Å². The van der Waals surface area contributed by atoms with Crippen molar-refractivity contribution in [3.63, 3.8) is 0 Å². The standard InChI is InChI=1S/C18H30N2/c1-4-16-9-5-6-10-17(16)13-19-14-18(15(2)3)20-11-7-8-12-20/h5-6,9-10,15,18-19H,4,7-8,11-14H2,1-3H3. The predicted octanol–water partition coefficient (Wildman–Crippen LogP) is 3.46. The zero-order valence-corrected chi connectivity index (χ0v) is 13.4. The van der Waals surface area contributed by atoms with Crippen LogP contribution in [0.2, 0.25) is 0 Å². The van der Waals surface area contributed by atoms with Crippen LogP contribution in [0.4, 0.5) is 0 Å². The van der Waals surface area contributed by atoms with Crippen LogP contribution in [-0.4, -0.2) is 30.6 Å². The summed E-state index contributed by atoms with van der Waals surface area (Å²) in [4.78, 5) is 2.67. The maximum Gasteiger partial charge on any atom is 0.0243 e. The largest absolute Gasteiger partial charge is 0.311 e. The Morgan fingerprint density at radius 1 is 1.10 bits per heavy atom. The van der Waals surface area contributed by atoms with Gasteiger partial charge in [-0.05, 0) is 49.4 Å². The minimum atomic E-state index is 0.686. The summed E-state index contributed by atoms with van der Waals surface area (Å²) in [6, 6.07) is 9.48. The number of hydrogen-bond donors (Lipinski definition) is 1. The van der Waals surface area contributed by atoms with Crippen LogP contribution >= 0.6 is 0 Å². The third kappa shape index (κ3) is 4.07. The van der Waals surface area contributed by atoms with E-state index in [0.29, 0.717) is 6.04 Å². The van der Waals surface area contributed by atoms with Gasteiger partial charge in [-0.2, -0.15) is 0 Å². The number of hydrogen-bond acceptors (Lipinski definition) is 2. The molecule has 1 heterocycles. The van der Waals surface area contributed by atoms with E-state index in [1.54, 1.807) is 0 Å². The van der Waals surface area contributed by atoms with Gasteiger partial charge in [-0.1, -0.05) is 45.0 Å². The number of rotatable bonds is 7. The summed E-state index contributed by atoms with van der Waals surface area (Å²) in [7, 11) is 0. The summed E-state index contributed by atoms with van der Waals surface area (Å²) in [5.41, 5.74) is 2.93. The van der Waals surface area contributed by atoms with Crippen LogP contribution in [0, 0.1) is 5.92 Å². The topological polar surface area (TPSA) is 15.3 Å². The molecule has 0 aromatic heterocycles. The molecule has 1 aliphatic rings. The molecule has 2 heteroatoms. The highest BCUT2D eigenvalue weighted by atomic mass is 15.2. The van der Waals surface area contributed by atoms with Gasteiger partial charge in [0, 0.05) is 19.1 Å². The van der Waals surface area contributed by atoms with Crippen molar-refractivity contribution in [2.24, 2.45) is 5.92 Å². The number of nitrogens with zero attached hydrogens (tertiary/aromatic N) is 1. The van der Waals surface area contributed by atoms with Crippen LogP contribution in [0.3, 0.4) is 0 Å². The van der Waals surface area contributed by atoms with E-state index in [1.807, 2.05) is 0 Å². The highest BCUT2D eigenvalue weighted by Gasteiger charge is 2.23. The van der Waals surface area contributed by atoms with Gasteiger partial charge < -0.3 is 5.32 Å². The van der Waals surface area contributed by atoms with E-state index in [9.17, 15) is 0 Å². The molecule has 2 nitrogen and oxygen atoms in total. The van der Waals surface area contributed by atoms with Crippen LogP contribution in [0.5, 0.6) is 0 Å². The number of benzene rings is 1. The van der Waals surface area contributed by atoms with Crippen molar-refractivity contribution in [3.05, 3.63) is 35.4 Å². The Bertz CT molecular complexity index is 394. The van der Waals surface area contributed by atoms with E-state index in [0.717, 1.165) is 25.4 Å². The van der Waals surface area contributed by atoms with Crippen molar-refractivity contribution in [1.29, 1.82) is 0 Å². The Kier molecular flexibility index (Phi) is 6.06. The summed E-state index contributed by atoms with van der Waals surface area (Å²) in [5, 5.41) is 3.69. The van der Waals surface area contributed by atoms with Gasteiger partial charge in [0.1, 0.15) is 0 Å². The minimum Gasteiger partial charge on any atom is -0.311 e. The van der Waals surface area contributed by atoms with Gasteiger partial charge in [-0.15, -0.1) is 0 Å². The third-order valence-electron chi connectivity index (χ3n) is 4.55. The second-order valence-electron chi connectivity index (χ2n) is 6.31. The fourth-order valence-electron chi connectivity index (χ4n) is 3.29. The quantitative estimate of drug-likeness (QED) is 0.819. The number of likely N-dealkylation sites (tertiary alicyclic amines) is 1. The molecule has 0 radical (unpaired) electrons. The molecule has 2 rings (SSSR count). The first-order valence-electron chi connectivity index (χ1n) is 8.24. The summed E-state index contributed by atoms with van der Waals surface area (Å²) >= 11 is 0. The van der Waals surface area contributed by atoms with Crippen molar-refractivity contribution >= 4 is 0 Å². The highest BCUT2D eigenvalue weighted by Crippen LogP contribution is 2.17. The lowest BCUT2D eigenvalue weighted by molar-refractivity contribution is 0.186. The molecule has 1 aliphatic heterocycles. The monoisotopic (exact) mass is 274 g/mol. The van der Waals surface area contributed by atoms with Crippen LogP contribution in [0.25, 0.3) is 0 Å². The molecule has 1 fully saturated rings. The van der Waals surface area contributed by atoms with Crippen molar-refractivity contribution in [2.45, 2.75) is 52.6 Å². The molecular weight excluding hydrogens is 244 g/mol. The second-order valence-corrected chi connectivity index (χ2v) is 6.31. The van der Waals surface area contributed by atoms with Gasteiger partial charge in [0.15, 0.2) is 0 Å². The van der Waals surface area contributed by atoms with Crippen molar-refractivity contribution in [2.75, 3.05) is 19.6 Å².